The number of hydrogen-bond donors (Lipinski definition) is 0. The molecule has 1 radical (unpaired) electrons. The molecule has 0 N–H and O–H groups in total. The molecule has 13 heteroatoms. The van der Waals surface area contributed by atoms with Gasteiger partial charge in [-0.1, -0.05) is 13.8 Å². The summed E-state index contributed by atoms with van der Waals surface area (Å²) in [4.78, 5) is 0. The van der Waals surface area contributed by atoms with Crippen LogP contribution in [0.4, 0.5) is 11.4 Å². The van der Waals surface area contributed by atoms with E-state index >= 15 is 0 Å². The van der Waals surface area contributed by atoms with Crippen molar-refractivity contribution in [1.29, 1.82) is 0 Å². The quantitative estimate of drug-likeness (QED) is 0.198. The smallest absolute Gasteiger partial charge is 0.255 e. The van der Waals surface area contributed by atoms with Crippen LogP contribution in [0.25, 0.3) is 12.2 Å². The van der Waals surface area contributed by atoms with E-state index in [0.29, 0.717) is 12.5 Å². The van der Waals surface area contributed by atoms with Gasteiger partial charge in [-0.3, -0.25) is 22.1 Å². The molecule has 0 bridgehead atoms. The Kier molecular flexibility index (Phi) is 19.7. The Morgan fingerprint density at radius 2 is 0.897 bits per heavy atom. The largest absolute Gasteiger partial charge is 0.707 e. The molecule has 2 aromatic carbocycles. The van der Waals surface area contributed by atoms with E-state index in [1.165, 1.54) is 22.5 Å². The fourth-order valence-electron chi connectivity index (χ4n) is 2.53. The first-order valence-electron chi connectivity index (χ1n) is 11.0. The van der Waals surface area contributed by atoms with Gasteiger partial charge in [0.05, 0.1) is 54.8 Å². The summed E-state index contributed by atoms with van der Waals surface area (Å²) in [6.45, 7) is 15.1. The summed E-state index contributed by atoms with van der Waals surface area (Å²) >= 11 is 0. The molecule has 10 nitrogen and oxygen atoms in total. The number of hydrogen-bond acceptors (Lipinski definition) is 8. The maximum atomic E-state index is 9.47. The van der Waals surface area contributed by atoms with Crippen LogP contribution in [-0.2, 0) is 61.6 Å². The van der Waals surface area contributed by atoms with E-state index in [4.69, 9.17) is 23.7 Å². The molecule has 0 fully saturated rings. The minimum Gasteiger partial charge on any atom is -0.707 e. The fraction of sp³-hybridized carbons (Fsp3) is 0.385. The van der Waals surface area contributed by atoms with Crippen molar-refractivity contribution in [3.05, 3.63) is 71.8 Å². The van der Waals surface area contributed by atoms with E-state index in [2.05, 4.69) is 101 Å². The van der Waals surface area contributed by atoms with E-state index in [1.807, 2.05) is 0 Å². The van der Waals surface area contributed by atoms with Gasteiger partial charge in [0.1, 0.15) is 11.4 Å². The molecule has 2 aromatic rings. The zero-order valence-electron chi connectivity index (χ0n) is 24.3. The molecule has 0 aliphatic carbocycles. The summed E-state index contributed by atoms with van der Waals surface area (Å²) in [7, 11) is 5.49. The molecule has 219 valence electrons. The molecule has 0 heterocycles. The Hall–Kier alpha value is -1.32. The number of rotatable bonds is 6. The first kappa shape index (κ1) is 42.2. The van der Waals surface area contributed by atoms with Crippen molar-refractivity contribution in [2.75, 3.05) is 54.8 Å². The van der Waals surface area contributed by atoms with Crippen molar-refractivity contribution in [3.63, 3.8) is 0 Å². The second-order valence-electron chi connectivity index (χ2n) is 9.98. The third-order valence-corrected chi connectivity index (χ3v) is 5.16. The van der Waals surface area contributed by atoms with Crippen molar-refractivity contribution >= 4 is 43.8 Å². The van der Waals surface area contributed by atoms with Gasteiger partial charge in [0.2, 0.25) is 0 Å². The van der Waals surface area contributed by atoms with Crippen LogP contribution in [0.3, 0.4) is 0 Å². The molecule has 0 aliphatic rings. The van der Waals surface area contributed by atoms with E-state index in [1.54, 1.807) is 12.2 Å². The topological polar surface area (TPSA) is 133 Å². The van der Waals surface area contributed by atoms with Crippen LogP contribution >= 0.6 is 0 Å². The predicted molar refractivity (Wildman–Crippen MR) is 151 cm³/mol. The minimum atomic E-state index is -3.72. The molecule has 0 unspecified atom stereocenters. The monoisotopic (exact) mass is 661 g/mol. The van der Waals surface area contributed by atoms with E-state index in [0.717, 1.165) is 20.1 Å². The molecule has 0 atom stereocenters. The van der Waals surface area contributed by atoms with Crippen molar-refractivity contribution in [2.24, 2.45) is 0 Å². The summed E-state index contributed by atoms with van der Waals surface area (Å²) in [5, 5.41) is 17.7. The third-order valence-electron chi connectivity index (χ3n) is 4.66. The van der Waals surface area contributed by atoms with Gasteiger partial charge in [0.15, 0.2) is 0 Å². The van der Waals surface area contributed by atoms with Gasteiger partial charge < -0.3 is 19.2 Å². The summed E-state index contributed by atoms with van der Waals surface area (Å²) < 4.78 is 44.9. The van der Waals surface area contributed by atoms with Gasteiger partial charge >= 0.3 is 0 Å². The number of benzene rings is 2. The van der Waals surface area contributed by atoms with Gasteiger partial charge in [-0.2, -0.15) is 11.1 Å². The number of aryl methyl sites for hydroxylation is 2. The zero-order chi connectivity index (χ0) is 30.5. The number of quaternary nitrogens is 2. The van der Waals surface area contributed by atoms with Crippen LogP contribution in [0, 0.1) is 27.0 Å². The fourth-order valence-corrected chi connectivity index (χ4v) is 2.53. The summed E-state index contributed by atoms with van der Waals surface area (Å²) in [6.07, 6.45) is 4.66. The summed E-state index contributed by atoms with van der Waals surface area (Å²) in [6, 6.07) is 12.7. The van der Waals surface area contributed by atoms with E-state index < -0.39 is 20.2 Å². The maximum absolute atomic E-state index is 9.47. The van der Waals surface area contributed by atoms with Crippen molar-refractivity contribution < 1.29 is 68.7 Å². The first-order valence-corrected chi connectivity index (χ1v) is 14.6. The first-order chi connectivity index (χ1) is 17.0. The van der Waals surface area contributed by atoms with E-state index in [9.17, 15) is 16.8 Å². The molecule has 0 saturated heterocycles. The average Bonchev–Trinajstić information content (AvgIpc) is 2.78. The van der Waals surface area contributed by atoms with Crippen molar-refractivity contribution in [1.82, 2.24) is 8.97 Å². The van der Waals surface area contributed by atoms with Crippen molar-refractivity contribution in [3.8, 4) is 0 Å². The van der Waals surface area contributed by atoms with Gasteiger partial charge in [-0.15, -0.1) is 23.3 Å². The normalized spacial score (nSPS) is 11.2. The predicted octanol–water partition coefficient (Wildman–Crippen LogP) is 1.75. The molecule has 0 aromatic heterocycles. The molecule has 0 amide bonds. The van der Waals surface area contributed by atoms with Crippen LogP contribution in [0.5, 0.6) is 0 Å². The van der Waals surface area contributed by atoms with Gasteiger partial charge in [0.25, 0.3) is 20.2 Å². The molecule has 0 saturated carbocycles. The van der Waals surface area contributed by atoms with Gasteiger partial charge in [-0.05, 0) is 24.3 Å². The second kappa shape index (κ2) is 18.2. The van der Waals surface area contributed by atoms with Crippen molar-refractivity contribution in [2.45, 2.75) is 13.8 Å². The summed E-state index contributed by atoms with van der Waals surface area (Å²) in [5.41, 5.74) is 7.27. The Balaban J connectivity index is -0.000000469. The second-order valence-corrected chi connectivity index (χ2v) is 13.1. The minimum absolute atomic E-state index is 0. The van der Waals surface area contributed by atoms with Crippen LogP contribution < -0.4 is 19.5 Å². The Labute approximate surface area is 260 Å². The summed E-state index contributed by atoms with van der Waals surface area (Å²) in [5.74, 6) is 0. The van der Waals surface area contributed by atoms with Gasteiger partial charge in [-0.25, -0.2) is 29.0 Å². The maximum Gasteiger partial charge on any atom is 0.255 e. The Morgan fingerprint density at radius 3 is 1.03 bits per heavy atom. The average molecular weight is 662 g/mol. The van der Waals surface area contributed by atoms with Crippen LogP contribution in [0.2, 0.25) is 0 Å². The SMILES string of the molecule is CS(=O)(=O)O[O-].CS(=O)(=O)O[O-].[CH-]=Cc1ccc([N+](C)(C)C)cc1C.[CH-]=Cc1ccc([N+](C)(C)C)cc1C.[Y]. The van der Waals surface area contributed by atoms with Crippen LogP contribution in [-0.4, -0.2) is 71.6 Å². The molecule has 2 rings (SSSR count). The van der Waals surface area contributed by atoms with E-state index in [-0.39, 0.29) is 32.7 Å². The third kappa shape index (κ3) is 20.2. The zero-order valence-corrected chi connectivity index (χ0v) is 28.8. The molecular formula is C26H40N2O8S2Y-2. The Bertz CT molecular complexity index is 1170. The van der Waals surface area contributed by atoms with Gasteiger partial charge in [0, 0.05) is 32.7 Å². The molecule has 39 heavy (non-hydrogen) atoms. The Morgan fingerprint density at radius 1 is 0.667 bits per heavy atom. The standard InChI is InChI=1S/2C12H17N.2CH4O4S.Y/c2*1-6-11-7-8-12(9-10(11)2)13(3,4)5;2*1-6(3,4)5-2;/h2*1,6-9H,2-5H3;2*2H,1H3;/p-2. The molecular weight excluding hydrogens is 621 g/mol. The molecule has 0 aliphatic heterocycles. The number of nitrogens with zero attached hydrogens (tertiary/aromatic N) is 2. The van der Waals surface area contributed by atoms with Crippen LogP contribution in [0.1, 0.15) is 22.3 Å². The van der Waals surface area contributed by atoms with Crippen LogP contribution in [0.15, 0.2) is 36.4 Å². The molecule has 0 spiro atoms.